The van der Waals surface area contributed by atoms with E-state index in [-0.39, 0.29) is 11.8 Å². The highest BCUT2D eigenvalue weighted by atomic mass is 35.5. The van der Waals surface area contributed by atoms with Gasteiger partial charge >= 0.3 is 5.97 Å². The lowest BCUT2D eigenvalue weighted by molar-refractivity contribution is -0.132. The topological polar surface area (TPSA) is 76.5 Å². The lowest BCUT2D eigenvalue weighted by atomic mass is 10.0. The maximum Gasteiger partial charge on any atom is 0.309 e. The van der Waals surface area contributed by atoms with E-state index in [4.69, 9.17) is 21.4 Å². The normalized spacial score (nSPS) is 10.8. The van der Waals surface area contributed by atoms with Crippen LogP contribution in [-0.2, 0) is 4.79 Å². The van der Waals surface area contributed by atoms with Gasteiger partial charge in [-0.15, -0.1) is 0 Å². The van der Waals surface area contributed by atoms with Crippen molar-refractivity contribution in [1.82, 2.24) is 9.78 Å². The molecule has 41 heavy (non-hydrogen) atoms. The summed E-state index contributed by atoms with van der Waals surface area (Å²) < 4.78 is 21.0. The molecule has 0 aliphatic rings. The molecule has 0 fully saturated rings. The van der Waals surface area contributed by atoms with E-state index in [1.54, 1.807) is 48.5 Å². The summed E-state index contributed by atoms with van der Waals surface area (Å²) in [5.41, 5.74) is 5.14. The number of carbonyl (C=O) groups excluding carboxylic acids is 2. The number of rotatable bonds is 7. The maximum absolute atomic E-state index is 13.7. The smallest absolute Gasteiger partial charge is 0.309 e. The average Bonchev–Trinajstić information content (AvgIpc) is 3.32. The third kappa shape index (κ3) is 6.13. The van der Waals surface area contributed by atoms with Gasteiger partial charge in [-0.05, 0) is 78.4 Å². The zero-order valence-corrected chi connectivity index (χ0v) is 23.3. The lowest BCUT2D eigenvalue weighted by Gasteiger charge is -2.14. The molecule has 1 heterocycles. The van der Waals surface area contributed by atoms with Crippen LogP contribution < -0.4 is 15.0 Å². The molecule has 4 aromatic carbocycles. The molecule has 7 nitrogen and oxygen atoms in total. The van der Waals surface area contributed by atoms with Crippen LogP contribution in [0.2, 0.25) is 5.02 Å². The van der Waals surface area contributed by atoms with Crippen molar-refractivity contribution in [3.63, 3.8) is 0 Å². The summed E-state index contributed by atoms with van der Waals surface area (Å²) in [6.07, 6.45) is 0. The molecule has 5 aromatic rings. The van der Waals surface area contributed by atoms with Crippen molar-refractivity contribution in [1.29, 1.82) is 0 Å². The molecule has 0 aliphatic heterocycles. The van der Waals surface area contributed by atoms with Crippen LogP contribution in [0, 0.1) is 5.82 Å². The summed E-state index contributed by atoms with van der Waals surface area (Å²) in [6.45, 7) is 1.31. The van der Waals surface area contributed by atoms with Crippen LogP contribution in [0.25, 0.3) is 28.1 Å². The zero-order valence-electron chi connectivity index (χ0n) is 22.6. The average molecular weight is 569 g/mol. The molecule has 0 saturated heterocycles. The standard InChI is InChI=1S/C32H26ClFN4O3/c1-20(39)41-32-29(21-9-15-26(16-10-21)35-31(40)22-7-11-24(33)12-8-22)30(23-5-4-6-28(19-23)37(2)3)36-38(32)27-17-13-25(34)14-18-27/h4-19H,1-3H3,(H,35,40). The van der Waals surface area contributed by atoms with E-state index in [0.717, 1.165) is 11.3 Å². The third-order valence-electron chi connectivity index (χ3n) is 6.33. The first kappa shape index (κ1) is 27.6. The van der Waals surface area contributed by atoms with Crippen LogP contribution in [0.15, 0.2) is 97.1 Å². The van der Waals surface area contributed by atoms with Gasteiger partial charge in [0, 0.05) is 48.5 Å². The van der Waals surface area contributed by atoms with Crippen molar-refractivity contribution in [2.24, 2.45) is 0 Å². The van der Waals surface area contributed by atoms with Crippen LogP contribution in [-0.4, -0.2) is 35.8 Å². The van der Waals surface area contributed by atoms with E-state index < -0.39 is 11.8 Å². The zero-order chi connectivity index (χ0) is 29.1. The van der Waals surface area contributed by atoms with Crippen molar-refractivity contribution >= 4 is 34.9 Å². The molecule has 0 unspecified atom stereocenters. The number of halogens is 2. The number of anilines is 2. The van der Waals surface area contributed by atoms with Crippen LogP contribution in [0.1, 0.15) is 17.3 Å². The van der Waals surface area contributed by atoms with Crippen molar-refractivity contribution in [2.45, 2.75) is 6.92 Å². The molecule has 0 bridgehead atoms. The van der Waals surface area contributed by atoms with Gasteiger partial charge in [-0.25, -0.2) is 4.39 Å². The second-order valence-corrected chi connectivity index (χ2v) is 9.93. The first-order valence-electron chi connectivity index (χ1n) is 12.7. The molecule has 0 radical (unpaired) electrons. The van der Waals surface area contributed by atoms with Crippen molar-refractivity contribution in [3.8, 4) is 34.0 Å². The number of benzene rings is 4. The molecule has 5 rings (SSSR count). The minimum Gasteiger partial charge on any atom is -0.407 e. The van der Waals surface area contributed by atoms with E-state index in [0.29, 0.717) is 38.8 Å². The summed E-state index contributed by atoms with van der Waals surface area (Å²) in [5, 5.41) is 8.27. The van der Waals surface area contributed by atoms with Crippen LogP contribution in [0.3, 0.4) is 0 Å². The molecule has 0 saturated carbocycles. The van der Waals surface area contributed by atoms with Crippen molar-refractivity contribution in [2.75, 3.05) is 24.3 Å². The van der Waals surface area contributed by atoms with Gasteiger partial charge in [0.1, 0.15) is 11.5 Å². The number of carbonyl (C=O) groups is 2. The minimum atomic E-state index is -0.532. The molecule has 0 aliphatic carbocycles. The fraction of sp³-hybridized carbons (Fsp3) is 0.0938. The van der Waals surface area contributed by atoms with E-state index in [1.807, 2.05) is 55.4 Å². The Kier molecular flexibility index (Phi) is 7.85. The SMILES string of the molecule is CC(=O)Oc1c(-c2ccc(NC(=O)c3ccc(Cl)cc3)cc2)c(-c2cccc(N(C)C)c2)nn1-c1ccc(F)cc1. The van der Waals surface area contributed by atoms with E-state index in [1.165, 1.54) is 23.7 Å². The molecule has 206 valence electrons. The Bertz CT molecular complexity index is 1710. The monoisotopic (exact) mass is 568 g/mol. The molecule has 0 atom stereocenters. The predicted molar refractivity (Wildman–Crippen MR) is 159 cm³/mol. The molecular weight excluding hydrogens is 543 g/mol. The Hall–Kier alpha value is -4.95. The van der Waals surface area contributed by atoms with Gasteiger partial charge in [-0.1, -0.05) is 35.9 Å². The summed E-state index contributed by atoms with van der Waals surface area (Å²) in [4.78, 5) is 27.0. The summed E-state index contributed by atoms with van der Waals surface area (Å²) in [5.74, 6) is -1.02. The van der Waals surface area contributed by atoms with Gasteiger partial charge in [-0.2, -0.15) is 9.78 Å². The molecule has 1 aromatic heterocycles. The highest BCUT2D eigenvalue weighted by molar-refractivity contribution is 6.30. The fourth-order valence-corrected chi connectivity index (χ4v) is 4.43. The van der Waals surface area contributed by atoms with E-state index >= 15 is 0 Å². The minimum absolute atomic E-state index is 0.187. The van der Waals surface area contributed by atoms with Gasteiger partial charge in [0.2, 0.25) is 5.88 Å². The lowest BCUT2D eigenvalue weighted by Crippen LogP contribution is -2.11. The van der Waals surface area contributed by atoms with Gasteiger partial charge in [-0.3, -0.25) is 9.59 Å². The third-order valence-corrected chi connectivity index (χ3v) is 6.58. The van der Waals surface area contributed by atoms with Crippen LogP contribution >= 0.6 is 11.6 Å². The van der Waals surface area contributed by atoms with Crippen molar-refractivity contribution < 1.29 is 18.7 Å². The first-order valence-corrected chi connectivity index (χ1v) is 13.1. The molecule has 0 spiro atoms. The van der Waals surface area contributed by atoms with E-state index in [9.17, 15) is 14.0 Å². The molecule has 1 amide bonds. The highest BCUT2D eigenvalue weighted by Gasteiger charge is 2.25. The number of ether oxygens (including phenoxy) is 1. The summed E-state index contributed by atoms with van der Waals surface area (Å²) >= 11 is 5.94. The predicted octanol–water partition coefficient (Wildman–Crippen LogP) is 7.24. The molecule has 1 N–H and O–H groups in total. The fourth-order valence-electron chi connectivity index (χ4n) is 4.31. The number of hydrogen-bond donors (Lipinski definition) is 1. The van der Waals surface area contributed by atoms with Gasteiger partial charge in [0.25, 0.3) is 5.91 Å². The van der Waals surface area contributed by atoms with Crippen LogP contribution in [0.5, 0.6) is 5.88 Å². The highest BCUT2D eigenvalue weighted by Crippen LogP contribution is 2.42. The van der Waals surface area contributed by atoms with Crippen molar-refractivity contribution in [3.05, 3.63) is 113 Å². The van der Waals surface area contributed by atoms with E-state index in [2.05, 4.69) is 5.32 Å². The summed E-state index contributed by atoms with van der Waals surface area (Å²) in [6, 6.07) is 27.3. The molecule has 9 heteroatoms. The van der Waals surface area contributed by atoms with Gasteiger partial charge in [0.15, 0.2) is 0 Å². The first-order chi connectivity index (χ1) is 19.7. The second-order valence-electron chi connectivity index (χ2n) is 9.49. The van der Waals surface area contributed by atoms with Gasteiger partial charge < -0.3 is 15.0 Å². The number of aromatic nitrogens is 2. The number of nitrogens with one attached hydrogen (secondary N) is 1. The number of amides is 1. The second kappa shape index (κ2) is 11.7. The summed E-state index contributed by atoms with van der Waals surface area (Å²) in [7, 11) is 3.89. The number of esters is 1. The number of hydrogen-bond acceptors (Lipinski definition) is 5. The Balaban J connectivity index is 1.62. The van der Waals surface area contributed by atoms with Gasteiger partial charge in [0.05, 0.1) is 11.3 Å². The largest absolute Gasteiger partial charge is 0.407 e. The Labute approximate surface area is 241 Å². The maximum atomic E-state index is 13.7. The van der Waals surface area contributed by atoms with Crippen LogP contribution in [0.4, 0.5) is 15.8 Å². The number of nitrogens with zero attached hydrogens (tertiary/aromatic N) is 3. The Morgan fingerprint density at radius 2 is 1.59 bits per heavy atom. The quantitative estimate of drug-likeness (QED) is 0.209. The Morgan fingerprint density at radius 3 is 2.22 bits per heavy atom. The Morgan fingerprint density at radius 1 is 0.902 bits per heavy atom. The molecular formula is C32H26ClFN4O3.